The number of piperidine rings is 1. The van der Waals surface area contributed by atoms with Crippen LogP contribution in [-0.2, 0) is 16.6 Å². The molecule has 0 aromatic carbocycles. The van der Waals surface area contributed by atoms with Gasteiger partial charge in [0.15, 0.2) is 0 Å². The molecule has 1 aromatic rings. The van der Waals surface area contributed by atoms with E-state index in [4.69, 9.17) is 4.42 Å². The first kappa shape index (κ1) is 14.7. The summed E-state index contributed by atoms with van der Waals surface area (Å²) in [6.45, 7) is 5.47. The van der Waals surface area contributed by atoms with E-state index < -0.39 is 10.0 Å². The monoisotopic (exact) mass is 324 g/mol. The van der Waals surface area contributed by atoms with Gasteiger partial charge in [-0.15, -0.1) is 0 Å². The average molecular weight is 324 g/mol. The molecule has 2 aliphatic heterocycles. The van der Waals surface area contributed by atoms with Crippen LogP contribution in [0.25, 0.3) is 0 Å². The van der Waals surface area contributed by atoms with Crippen LogP contribution in [0.3, 0.4) is 0 Å². The molecule has 1 aliphatic carbocycles. The third-order valence-electron chi connectivity index (χ3n) is 5.32. The lowest BCUT2D eigenvalue weighted by Crippen LogP contribution is -2.47. The minimum absolute atomic E-state index is 0.0737. The lowest BCUT2D eigenvalue weighted by molar-refractivity contribution is 0.128. The van der Waals surface area contributed by atoms with Crippen LogP contribution in [0.15, 0.2) is 16.5 Å². The molecule has 2 saturated heterocycles. The van der Waals surface area contributed by atoms with Crippen LogP contribution in [0.2, 0.25) is 0 Å². The predicted octanol–water partition coefficient (Wildman–Crippen LogP) is 1.98. The van der Waals surface area contributed by atoms with Crippen LogP contribution in [0, 0.1) is 12.8 Å². The van der Waals surface area contributed by atoms with Gasteiger partial charge in [0.05, 0.1) is 11.8 Å². The van der Waals surface area contributed by atoms with Crippen molar-refractivity contribution in [2.45, 2.75) is 50.4 Å². The van der Waals surface area contributed by atoms with E-state index in [2.05, 4.69) is 4.90 Å². The Balaban J connectivity index is 1.41. The van der Waals surface area contributed by atoms with Crippen LogP contribution in [0.4, 0.5) is 0 Å². The summed E-state index contributed by atoms with van der Waals surface area (Å²) >= 11 is 0. The zero-order chi connectivity index (χ0) is 15.3. The Morgan fingerprint density at radius 1 is 1.18 bits per heavy atom. The number of rotatable bonds is 4. The van der Waals surface area contributed by atoms with Crippen LogP contribution in [-0.4, -0.2) is 48.5 Å². The van der Waals surface area contributed by atoms with E-state index >= 15 is 0 Å². The highest BCUT2D eigenvalue weighted by Gasteiger charge is 2.48. The van der Waals surface area contributed by atoms with Crippen molar-refractivity contribution < 1.29 is 12.8 Å². The number of hydrogen-bond donors (Lipinski definition) is 0. The summed E-state index contributed by atoms with van der Waals surface area (Å²) < 4.78 is 32.5. The second-order valence-corrected chi connectivity index (χ2v) is 9.17. The lowest BCUT2D eigenvalue weighted by Gasteiger charge is -2.37. The first-order chi connectivity index (χ1) is 10.5. The van der Waals surface area contributed by atoms with Crippen LogP contribution >= 0.6 is 0 Å². The number of aryl methyl sites for hydroxylation is 1. The number of nitrogens with zero attached hydrogens (tertiary/aromatic N) is 2. The van der Waals surface area contributed by atoms with Gasteiger partial charge in [-0.25, -0.2) is 8.42 Å². The van der Waals surface area contributed by atoms with E-state index in [-0.39, 0.29) is 11.3 Å². The predicted molar refractivity (Wildman–Crippen MR) is 83.9 cm³/mol. The van der Waals surface area contributed by atoms with E-state index in [0.29, 0.717) is 5.92 Å². The second-order valence-electron chi connectivity index (χ2n) is 7.01. The fraction of sp³-hybridized carbons (Fsp3) is 0.750. The van der Waals surface area contributed by atoms with E-state index in [1.165, 1.54) is 0 Å². The van der Waals surface area contributed by atoms with Crippen molar-refractivity contribution >= 4 is 10.0 Å². The lowest BCUT2D eigenvalue weighted by atomic mass is 9.93. The highest BCUT2D eigenvalue weighted by Crippen LogP contribution is 2.39. The van der Waals surface area contributed by atoms with E-state index in [1.807, 2.05) is 23.4 Å². The Kier molecular flexibility index (Phi) is 3.58. The second kappa shape index (κ2) is 5.35. The molecule has 6 heteroatoms. The zero-order valence-corrected chi connectivity index (χ0v) is 13.9. The van der Waals surface area contributed by atoms with E-state index in [9.17, 15) is 8.42 Å². The molecule has 2 atom stereocenters. The number of fused-ring (bicyclic) bond motifs is 1. The van der Waals surface area contributed by atoms with Crippen molar-refractivity contribution in [2.75, 3.05) is 19.6 Å². The van der Waals surface area contributed by atoms with Gasteiger partial charge in [-0.2, -0.15) is 4.31 Å². The van der Waals surface area contributed by atoms with Crippen molar-refractivity contribution in [3.8, 4) is 0 Å². The number of sulfonamides is 1. The SMILES string of the molecule is Cc1ccc(CN2CC[C@@H]3[C@@H](CCN3S(=O)(=O)C3CC3)C2)o1. The number of furan rings is 1. The van der Waals surface area contributed by atoms with Gasteiger partial charge in [0, 0.05) is 25.7 Å². The molecule has 0 unspecified atom stereocenters. The summed E-state index contributed by atoms with van der Waals surface area (Å²) in [5.74, 6) is 2.45. The van der Waals surface area contributed by atoms with Gasteiger partial charge in [-0.05, 0) is 50.7 Å². The number of likely N-dealkylation sites (tertiary alicyclic amines) is 1. The molecule has 1 saturated carbocycles. The summed E-state index contributed by atoms with van der Waals surface area (Å²) in [6.07, 6.45) is 3.68. The maximum atomic E-state index is 12.5. The molecule has 0 bridgehead atoms. The Hall–Kier alpha value is -0.850. The molecule has 0 spiro atoms. The molecule has 0 amide bonds. The summed E-state index contributed by atoms with van der Waals surface area (Å²) in [4.78, 5) is 2.41. The largest absolute Gasteiger partial charge is 0.465 e. The van der Waals surface area contributed by atoms with Crippen molar-refractivity contribution in [1.29, 1.82) is 0 Å². The molecule has 1 aromatic heterocycles. The van der Waals surface area contributed by atoms with Gasteiger partial charge in [0.25, 0.3) is 0 Å². The quantitative estimate of drug-likeness (QED) is 0.850. The van der Waals surface area contributed by atoms with Gasteiger partial charge in [0.1, 0.15) is 11.5 Å². The van der Waals surface area contributed by atoms with Gasteiger partial charge in [-0.1, -0.05) is 0 Å². The number of hydrogen-bond acceptors (Lipinski definition) is 4. The Labute approximate surface area is 132 Å². The summed E-state index contributed by atoms with van der Waals surface area (Å²) in [5, 5.41) is -0.0737. The molecular weight excluding hydrogens is 300 g/mol. The van der Waals surface area contributed by atoms with Crippen molar-refractivity contribution in [3.63, 3.8) is 0 Å². The first-order valence-corrected chi connectivity index (χ1v) is 9.82. The normalized spacial score (nSPS) is 30.6. The minimum atomic E-state index is -3.01. The van der Waals surface area contributed by atoms with Gasteiger partial charge in [0.2, 0.25) is 10.0 Å². The Morgan fingerprint density at radius 2 is 2.00 bits per heavy atom. The van der Waals surface area contributed by atoms with Gasteiger partial charge < -0.3 is 4.42 Å². The van der Waals surface area contributed by atoms with Crippen molar-refractivity contribution in [2.24, 2.45) is 5.92 Å². The molecule has 0 radical (unpaired) electrons. The third kappa shape index (κ3) is 2.61. The maximum absolute atomic E-state index is 12.5. The molecule has 3 heterocycles. The Bertz CT molecular complexity index is 650. The van der Waals surface area contributed by atoms with Crippen LogP contribution in [0.1, 0.15) is 37.2 Å². The summed E-state index contributed by atoms with van der Waals surface area (Å²) in [6, 6.07) is 4.28. The zero-order valence-electron chi connectivity index (χ0n) is 13.1. The fourth-order valence-corrected chi connectivity index (χ4v) is 6.15. The third-order valence-corrected chi connectivity index (χ3v) is 7.74. The highest BCUT2D eigenvalue weighted by molar-refractivity contribution is 7.90. The summed E-state index contributed by atoms with van der Waals surface area (Å²) in [5.41, 5.74) is 0. The smallest absolute Gasteiger partial charge is 0.217 e. The maximum Gasteiger partial charge on any atom is 0.217 e. The molecule has 3 aliphatic rings. The molecule has 5 nitrogen and oxygen atoms in total. The first-order valence-electron chi connectivity index (χ1n) is 8.32. The van der Waals surface area contributed by atoms with Crippen LogP contribution in [0.5, 0.6) is 0 Å². The summed E-state index contributed by atoms with van der Waals surface area (Å²) in [7, 11) is -3.01. The van der Waals surface area contributed by atoms with Crippen molar-refractivity contribution in [3.05, 3.63) is 23.7 Å². The van der Waals surface area contributed by atoms with E-state index in [0.717, 1.165) is 63.4 Å². The molecule has 122 valence electrons. The highest BCUT2D eigenvalue weighted by atomic mass is 32.2. The van der Waals surface area contributed by atoms with Crippen LogP contribution < -0.4 is 0 Å². The molecule has 0 N–H and O–H groups in total. The van der Waals surface area contributed by atoms with Crippen molar-refractivity contribution in [1.82, 2.24) is 9.21 Å². The Morgan fingerprint density at radius 3 is 2.68 bits per heavy atom. The van der Waals surface area contributed by atoms with Gasteiger partial charge >= 0.3 is 0 Å². The fourth-order valence-electron chi connectivity index (χ4n) is 4.02. The molecule has 4 rings (SSSR count). The average Bonchev–Trinajstić information content (AvgIpc) is 3.15. The topological polar surface area (TPSA) is 53.8 Å². The molecular formula is C16H24N2O3S. The molecule has 3 fully saturated rings. The molecule has 22 heavy (non-hydrogen) atoms. The van der Waals surface area contributed by atoms with Gasteiger partial charge in [-0.3, -0.25) is 4.90 Å². The minimum Gasteiger partial charge on any atom is -0.465 e. The standard InChI is InChI=1S/C16H24N2O3S/c1-12-2-3-14(21-12)11-17-8-7-16-13(10-17)6-9-18(16)22(19,20)15-4-5-15/h2-3,13,15-16H,4-11H2,1H3/t13-,16+/m0/s1. The van der Waals surface area contributed by atoms with E-state index in [1.54, 1.807) is 0 Å².